The molecule has 0 saturated carbocycles. The van der Waals surface area contributed by atoms with E-state index in [1.165, 1.54) is 6.08 Å². The summed E-state index contributed by atoms with van der Waals surface area (Å²) in [6, 6.07) is 22.8. The molecular weight excluding hydrogens is 440 g/mol. The molecule has 6 heteroatoms. The number of ether oxygens (including phenoxy) is 1. The number of carbonyl (C=O) groups is 1. The van der Waals surface area contributed by atoms with Crippen molar-refractivity contribution in [1.29, 1.82) is 0 Å². The summed E-state index contributed by atoms with van der Waals surface area (Å²) in [6.07, 6.45) is 3.27. The van der Waals surface area contributed by atoms with E-state index in [-0.39, 0.29) is 5.91 Å². The number of aromatic nitrogens is 1. The fourth-order valence-corrected chi connectivity index (χ4v) is 3.84. The van der Waals surface area contributed by atoms with E-state index in [2.05, 4.69) is 10.3 Å². The third kappa shape index (κ3) is 5.84. The van der Waals surface area contributed by atoms with Crippen LogP contribution in [0.2, 0.25) is 5.02 Å². The van der Waals surface area contributed by atoms with E-state index >= 15 is 0 Å². The van der Waals surface area contributed by atoms with Gasteiger partial charge in [0.25, 0.3) is 0 Å². The lowest BCUT2D eigenvalue weighted by Gasteiger charge is -2.08. The predicted molar refractivity (Wildman–Crippen MR) is 132 cm³/mol. The number of hydrogen-bond acceptors (Lipinski definition) is 4. The molecular formula is C26H21ClN2O2S. The highest BCUT2D eigenvalue weighted by Gasteiger charge is 2.04. The summed E-state index contributed by atoms with van der Waals surface area (Å²) in [7, 11) is 0. The lowest BCUT2D eigenvalue weighted by molar-refractivity contribution is -0.111. The zero-order chi connectivity index (χ0) is 22.3. The first-order valence-electron chi connectivity index (χ1n) is 10.0. The van der Waals surface area contributed by atoms with E-state index in [0.29, 0.717) is 11.6 Å². The monoisotopic (exact) mass is 460 g/mol. The van der Waals surface area contributed by atoms with E-state index in [1.54, 1.807) is 17.4 Å². The zero-order valence-electron chi connectivity index (χ0n) is 17.4. The molecule has 4 nitrogen and oxygen atoms in total. The molecule has 1 aromatic heterocycles. The quantitative estimate of drug-likeness (QED) is 0.302. The van der Waals surface area contributed by atoms with Gasteiger partial charge in [-0.05, 0) is 48.9 Å². The van der Waals surface area contributed by atoms with Gasteiger partial charge in [0.1, 0.15) is 12.4 Å². The number of nitrogens with one attached hydrogen (secondary N) is 1. The van der Waals surface area contributed by atoms with Crippen molar-refractivity contribution < 1.29 is 9.53 Å². The third-order valence-electron chi connectivity index (χ3n) is 4.73. The zero-order valence-corrected chi connectivity index (χ0v) is 19.0. The molecule has 0 aliphatic rings. The second-order valence-electron chi connectivity index (χ2n) is 7.10. The average molecular weight is 461 g/mol. The maximum Gasteiger partial charge on any atom is 0.248 e. The fraction of sp³-hybridized carbons (Fsp3) is 0.0769. The number of aryl methyl sites for hydroxylation is 1. The van der Waals surface area contributed by atoms with Gasteiger partial charge in [-0.25, -0.2) is 4.98 Å². The highest BCUT2D eigenvalue weighted by Crippen LogP contribution is 2.23. The molecule has 0 atom stereocenters. The Hall–Kier alpha value is -3.41. The van der Waals surface area contributed by atoms with Crippen molar-refractivity contribution in [1.82, 2.24) is 4.98 Å². The van der Waals surface area contributed by atoms with Crippen LogP contribution in [0, 0.1) is 6.92 Å². The summed E-state index contributed by atoms with van der Waals surface area (Å²) in [4.78, 5) is 16.7. The molecule has 1 heterocycles. The summed E-state index contributed by atoms with van der Waals surface area (Å²) in [5, 5.41) is 6.61. The van der Waals surface area contributed by atoms with Gasteiger partial charge in [0.05, 0.1) is 10.7 Å². The number of anilines is 1. The molecule has 32 heavy (non-hydrogen) atoms. The Labute approximate surface area is 196 Å². The van der Waals surface area contributed by atoms with Crippen molar-refractivity contribution >= 4 is 40.6 Å². The van der Waals surface area contributed by atoms with Crippen molar-refractivity contribution in [3.63, 3.8) is 0 Å². The normalized spacial score (nSPS) is 10.9. The number of halogens is 1. The Bertz CT molecular complexity index is 1230. The van der Waals surface area contributed by atoms with Crippen molar-refractivity contribution in [2.24, 2.45) is 0 Å². The largest absolute Gasteiger partial charge is 0.489 e. The highest BCUT2D eigenvalue weighted by atomic mass is 35.5. The van der Waals surface area contributed by atoms with Gasteiger partial charge < -0.3 is 10.1 Å². The standard InChI is InChI=1S/C26H21ClN2O2S/c1-18-28-25(17-32-18)20-9-11-22(12-10-20)29-26(30)15-8-19-6-13-23(14-7-19)31-16-21-4-2-3-5-24(21)27/h2-15,17H,16H2,1H3,(H,29,30)/b15-8+. The summed E-state index contributed by atoms with van der Waals surface area (Å²) in [6.45, 7) is 2.38. The van der Waals surface area contributed by atoms with Crippen molar-refractivity contribution in [2.75, 3.05) is 5.32 Å². The van der Waals surface area contributed by atoms with Crippen LogP contribution >= 0.6 is 22.9 Å². The molecule has 0 spiro atoms. The number of nitrogens with zero attached hydrogens (tertiary/aromatic N) is 1. The molecule has 4 aromatic rings. The lowest BCUT2D eigenvalue weighted by atomic mass is 10.1. The third-order valence-corrected chi connectivity index (χ3v) is 5.87. The molecule has 4 rings (SSSR count). The summed E-state index contributed by atoms with van der Waals surface area (Å²) >= 11 is 7.77. The Morgan fingerprint density at radius 3 is 2.50 bits per heavy atom. The first-order valence-corrected chi connectivity index (χ1v) is 11.3. The van der Waals surface area contributed by atoms with Crippen LogP contribution in [-0.2, 0) is 11.4 Å². The topological polar surface area (TPSA) is 51.2 Å². The number of hydrogen-bond donors (Lipinski definition) is 1. The summed E-state index contributed by atoms with van der Waals surface area (Å²) in [5.41, 5.74) is 4.55. The molecule has 3 aromatic carbocycles. The number of rotatable bonds is 7. The van der Waals surface area contributed by atoms with E-state index in [4.69, 9.17) is 16.3 Å². The molecule has 1 amide bonds. The minimum absolute atomic E-state index is 0.193. The van der Waals surface area contributed by atoms with Gasteiger partial charge in [0, 0.05) is 33.3 Å². The van der Waals surface area contributed by atoms with Crippen molar-refractivity contribution in [3.05, 3.63) is 105 Å². The summed E-state index contributed by atoms with van der Waals surface area (Å²) in [5.74, 6) is 0.545. The van der Waals surface area contributed by atoms with Gasteiger partial charge in [-0.3, -0.25) is 4.79 Å². The van der Waals surface area contributed by atoms with Gasteiger partial charge in [-0.2, -0.15) is 0 Å². The molecule has 0 fully saturated rings. The second-order valence-corrected chi connectivity index (χ2v) is 8.57. The molecule has 1 N–H and O–H groups in total. The molecule has 0 radical (unpaired) electrons. The Kier molecular flexibility index (Phi) is 7.00. The van der Waals surface area contributed by atoms with Gasteiger partial charge in [0.2, 0.25) is 5.91 Å². The van der Waals surface area contributed by atoms with Gasteiger partial charge in [-0.1, -0.05) is 54.1 Å². The Morgan fingerprint density at radius 1 is 1.06 bits per heavy atom. The SMILES string of the molecule is Cc1nc(-c2ccc(NC(=O)/C=C/c3ccc(OCc4ccccc4Cl)cc3)cc2)cs1. The Morgan fingerprint density at radius 2 is 1.81 bits per heavy atom. The highest BCUT2D eigenvalue weighted by molar-refractivity contribution is 7.09. The minimum atomic E-state index is -0.193. The van der Waals surface area contributed by atoms with E-state index in [0.717, 1.165) is 38.8 Å². The first kappa shape index (κ1) is 21.8. The van der Waals surface area contributed by atoms with E-state index in [9.17, 15) is 4.79 Å². The predicted octanol–water partition coefficient (Wildman–Crippen LogP) is 7.00. The van der Waals surface area contributed by atoms with Gasteiger partial charge in [0.15, 0.2) is 0 Å². The van der Waals surface area contributed by atoms with Gasteiger partial charge >= 0.3 is 0 Å². The van der Waals surface area contributed by atoms with Crippen LogP contribution in [0.1, 0.15) is 16.1 Å². The molecule has 0 aliphatic carbocycles. The number of carbonyl (C=O) groups excluding carboxylic acids is 1. The molecule has 160 valence electrons. The second kappa shape index (κ2) is 10.3. The smallest absolute Gasteiger partial charge is 0.248 e. The number of amides is 1. The van der Waals surface area contributed by atoms with E-state index < -0.39 is 0 Å². The van der Waals surface area contributed by atoms with E-state index in [1.807, 2.05) is 85.1 Å². The molecule has 0 aliphatic heterocycles. The molecule has 0 bridgehead atoms. The lowest BCUT2D eigenvalue weighted by Crippen LogP contribution is -2.07. The number of thiazole rings is 1. The van der Waals surface area contributed by atoms with Crippen LogP contribution in [-0.4, -0.2) is 10.9 Å². The van der Waals surface area contributed by atoms with Crippen LogP contribution in [0.15, 0.2) is 84.3 Å². The van der Waals surface area contributed by atoms with Crippen LogP contribution in [0.3, 0.4) is 0 Å². The minimum Gasteiger partial charge on any atom is -0.489 e. The molecule has 0 unspecified atom stereocenters. The number of benzene rings is 3. The maximum absolute atomic E-state index is 12.3. The van der Waals surface area contributed by atoms with Crippen molar-refractivity contribution in [3.8, 4) is 17.0 Å². The van der Waals surface area contributed by atoms with Crippen LogP contribution in [0.5, 0.6) is 5.75 Å². The maximum atomic E-state index is 12.3. The average Bonchev–Trinajstić information content (AvgIpc) is 3.25. The first-order chi connectivity index (χ1) is 15.6. The van der Waals surface area contributed by atoms with Crippen LogP contribution < -0.4 is 10.1 Å². The molecule has 0 saturated heterocycles. The van der Waals surface area contributed by atoms with Gasteiger partial charge in [-0.15, -0.1) is 11.3 Å². The van der Waals surface area contributed by atoms with Crippen LogP contribution in [0.4, 0.5) is 5.69 Å². The van der Waals surface area contributed by atoms with Crippen molar-refractivity contribution in [2.45, 2.75) is 13.5 Å². The summed E-state index contributed by atoms with van der Waals surface area (Å²) < 4.78 is 5.78. The fourth-order valence-electron chi connectivity index (χ4n) is 3.03. The van der Waals surface area contributed by atoms with Crippen LogP contribution in [0.25, 0.3) is 17.3 Å². The Balaban J connectivity index is 1.30.